The van der Waals surface area contributed by atoms with E-state index in [1.54, 1.807) is 0 Å². The van der Waals surface area contributed by atoms with E-state index in [-0.39, 0.29) is 10.8 Å². The maximum atomic E-state index is 2.49. The normalized spacial score (nSPS) is 14.4. The zero-order chi connectivity index (χ0) is 31.8. The van der Waals surface area contributed by atoms with E-state index < -0.39 is 0 Å². The summed E-state index contributed by atoms with van der Waals surface area (Å²) in [6.07, 6.45) is 6.81. The topological polar surface area (TPSA) is 0 Å². The van der Waals surface area contributed by atoms with E-state index in [2.05, 4.69) is 163 Å². The van der Waals surface area contributed by atoms with Crippen molar-refractivity contribution in [1.82, 2.24) is 0 Å². The van der Waals surface area contributed by atoms with E-state index in [1.807, 2.05) is 0 Å². The average Bonchev–Trinajstić information content (AvgIpc) is 3.69. The first-order valence-corrected chi connectivity index (χ1v) is 16.8. The first-order valence-electron chi connectivity index (χ1n) is 16.8. The lowest BCUT2D eigenvalue weighted by molar-refractivity contribution is 0.589. The lowest BCUT2D eigenvalue weighted by Gasteiger charge is -2.25. The molecule has 0 aliphatic heterocycles. The van der Waals surface area contributed by atoms with Crippen LogP contribution in [0.5, 0.6) is 0 Å². The van der Waals surface area contributed by atoms with Crippen LogP contribution in [0.25, 0.3) is 56.0 Å². The number of allylic oxidation sites excluding steroid dienone is 2. The van der Waals surface area contributed by atoms with Crippen molar-refractivity contribution < 1.29 is 0 Å². The van der Waals surface area contributed by atoms with Gasteiger partial charge in [-0.15, -0.1) is 0 Å². The summed E-state index contributed by atoms with van der Waals surface area (Å²) < 4.78 is 0. The van der Waals surface area contributed by atoms with Crippen molar-refractivity contribution in [3.8, 4) is 11.1 Å². The highest BCUT2D eigenvalue weighted by Crippen LogP contribution is 2.45. The van der Waals surface area contributed by atoms with E-state index in [1.165, 1.54) is 88.3 Å². The Morgan fingerprint density at radius 3 is 1.24 bits per heavy atom. The zero-order valence-electron chi connectivity index (χ0n) is 28.0. The quantitative estimate of drug-likeness (QED) is 0.191. The largest absolute Gasteiger partial charge is 0.0616 e. The van der Waals surface area contributed by atoms with Gasteiger partial charge in [-0.3, -0.25) is 0 Å². The highest BCUT2D eigenvalue weighted by atomic mass is 14.3. The molecule has 0 amide bonds. The second-order valence-electron chi connectivity index (χ2n) is 15.4. The Morgan fingerprint density at radius 2 is 0.826 bits per heavy atom. The lowest BCUT2D eigenvalue weighted by Crippen LogP contribution is -2.13. The van der Waals surface area contributed by atoms with Gasteiger partial charge in [-0.1, -0.05) is 163 Å². The predicted octanol–water partition coefficient (Wildman–Crippen LogP) is 12.4. The Labute approximate surface area is 274 Å². The second-order valence-corrected chi connectivity index (χ2v) is 15.4. The van der Waals surface area contributed by atoms with Gasteiger partial charge >= 0.3 is 0 Å². The summed E-state index contributed by atoms with van der Waals surface area (Å²) in [5.41, 5.74) is 16.7. The van der Waals surface area contributed by atoms with Crippen molar-refractivity contribution in [3.05, 3.63) is 154 Å². The molecule has 0 saturated heterocycles. The minimum atomic E-state index is 0.0571. The fraction of sp³-hybridized carbons (Fsp3) is 0.217. The first kappa shape index (κ1) is 28.8. The van der Waals surface area contributed by atoms with Gasteiger partial charge in [-0.25, -0.2) is 0 Å². The smallest absolute Gasteiger partial charge is 0.000728 e. The van der Waals surface area contributed by atoms with Crippen molar-refractivity contribution >= 4 is 44.8 Å². The summed E-state index contributed by atoms with van der Waals surface area (Å²) in [7, 11) is 0. The third-order valence-corrected chi connectivity index (χ3v) is 10.3. The Balaban J connectivity index is 1.31. The van der Waals surface area contributed by atoms with E-state index in [9.17, 15) is 0 Å². The molecule has 226 valence electrons. The fourth-order valence-corrected chi connectivity index (χ4v) is 7.60. The molecule has 0 atom stereocenters. The molecule has 0 heteroatoms. The van der Waals surface area contributed by atoms with Gasteiger partial charge in [-0.05, 0) is 112 Å². The Morgan fingerprint density at radius 1 is 0.413 bits per heavy atom. The molecule has 8 rings (SSSR count). The molecule has 0 bridgehead atoms. The maximum absolute atomic E-state index is 2.49. The van der Waals surface area contributed by atoms with Crippen LogP contribution in [0.15, 0.2) is 109 Å². The monoisotopic (exact) mass is 594 g/mol. The maximum Gasteiger partial charge on any atom is -0.000728 e. The number of hydrogen-bond donors (Lipinski definition) is 0. The van der Waals surface area contributed by atoms with Gasteiger partial charge in [-0.2, -0.15) is 0 Å². The highest BCUT2D eigenvalue weighted by molar-refractivity contribution is 6.04. The molecule has 0 radical (unpaired) electrons. The van der Waals surface area contributed by atoms with E-state index >= 15 is 0 Å². The second kappa shape index (κ2) is 10.4. The molecule has 6 aromatic rings. The zero-order valence-corrected chi connectivity index (χ0v) is 28.0. The summed E-state index contributed by atoms with van der Waals surface area (Å²) >= 11 is 0. The van der Waals surface area contributed by atoms with Gasteiger partial charge in [0.2, 0.25) is 0 Å². The van der Waals surface area contributed by atoms with Crippen LogP contribution in [0.1, 0.15) is 86.1 Å². The van der Waals surface area contributed by atoms with Gasteiger partial charge in [0.1, 0.15) is 0 Å². The molecule has 0 unspecified atom stereocenters. The van der Waals surface area contributed by atoms with Gasteiger partial charge in [0.25, 0.3) is 0 Å². The number of hydrogen-bond acceptors (Lipinski definition) is 0. The van der Waals surface area contributed by atoms with Crippen LogP contribution in [0.3, 0.4) is 0 Å². The highest BCUT2D eigenvalue weighted by Gasteiger charge is 2.26. The number of benzene rings is 6. The third-order valence-electron chi connectivity index (χ3n) is 10.3. The van der Waals surface area contributed by atoms with Gasteiger partial charge in [0, 0.05) is 0 Å². The molecule has 46 heavy (non-hydrogen) atoms. The fourth-order valence-electron chi connectivity index (χ4n) is 7.60. The van der Waals surface area contributed by atoms with Crippen molar-refractivity contribution in [3.63, 3.8) is 0 Å². The molecule has 0 N–H and O–H groups in total. The van der Waals surface area contributed by atoms with Gasteiger partial charge in [0.15, 0.2) is 0 Å². The molecule has 0 spiro atoms. The van der Waals surface area contributed by atoms with Gasteiger partial charge < -0.3 is 0 Å². The summed E-state index contributed by atoms with van der Waals surface area (Å²) in [5, 5.41) is 5.38. The van der Waals surface area contributed by atoms with Crippen LogP contribution < -0.4 is 0 Å². The van der Waals surface area contributed by atoms with Crippen molar-refractivity contribution in [2.45, 2.75) is 65.2 Å². The Hall–Kier alpha value is -4.68. The van der Waals surface area contributed by atoms with Crippen molar-refractivity contribution in [2.75, 3.05) is 0 Å². The van der Waals surface area contributed by atoms with Crippen molar-refractivity contribution in [1.29, 1.82) is 0 Å². The predicted molar refractivity (Wildman–Crippen MR) is 200 cm³/mol. The molecule has 6 aromatic carbocycles. The van der Waals surface area contributed by atoms with E-state index in [0.717, 1.165) is 12.8 Å². The first-order chi connectivity index (χ1) is 22.0. The molecule has 0 heterocycles. The van der Waals surface area contributed by atoms with Crippen LogP contribution in [0.4, 0.5) is 0 Å². The number of fused-ring (bicyclic) bond motifs is 6. The average molecular weight is 595 g/mol. The van der Waals surface area contributed by atoms with E-state index in [0.29, 0.717) is 0 Å². The van der Waals surface area contributed by atoms with Crippen LogP contribution in [-0.4, -0.2) is 0 Å². The minimum absolute atomic E-state index is 0.0571. The number of rotatable bonds is 3. The van der Waals surface area contributed by atoms with Crippen LogP contribution in [-0.2, 0) is 23.7 Å². The van der Waals surface area contributed by atoms with E-state index in [4.69, 9.17) is 0 Å². The molecule has 0 nitrogen and oxygen atoms in total. The standard InChI is InChI=1S/C46H42/c1-45(2,3)35-19-21-39(43(27-35)33-23-31-17-15-29-11-7-9-13-37(29)41(31)25-33)40-22-20-36(46(4,5)6)28-44(40)34-24-32-18-16-30-12-8-10-14-38(30)42(32)26-34/h7-24,27-28H,25-26H2,1-6H3. The Kier molecular flexibility index (Phi) is 6.52. The van der Waals surface area contributed by atoms with Crippen LogP contribution in [0.2, 0.25) is 0 Å². The summed E-state index contributed by atoms with van der Waals surface area (Å²) in [6, 6.07) is 41.4. The minimum Gasteiger partial charge on any atom is -0.0616 e. The molecule has 0 aromatic heterocycles. The molecule has 0 saturated carbocycles. The van der Waals surface area contributed by atoms with Crippen LogP contribution in [0, 0.1) is 0 Å². The van der Waals surface area contributed by atoms with Crippen molar-refractivity contribution in [2.24, 2.45) is 0 Å². The molecular formula is C46H42. The summed E-state index contributed by atoms with van der Waals surface area (Å²) in [6.45, 7) is 13.9. The summed E-state index contributed by atoms with van der Waals surface area (Å²) in [5.74, 6) is 0. The molecule has 2 aliphatic rings. The molecule has 2 aliphatic carbocycles. The van der Waals surface area contributed by atoms with Crippen LogP contribution >= 0.6 is 0 Å². The Bertz CT molecular complexity index is 2090. The molecule has 0 fully saturated rings. The SMILES string of the molecule is CC(C)(C)c1ccc(-c2ccc(C(C)(C)C)cc2C2=Cc3ccc4ccccc4c3C2)c(C2=Cc3ccc4ccccc4c3C2)c1. The third kappa shape index (κ3) is 4.83. The summed E-state index contributed by atoms with van der Waals surface area (Å²) in [4.78, 5) is 0. The van der Waals surface area contributed by atoms with Gasteiger partial charge in [0.05, 0.1) is 0 Å². The lowest BCUT2D eigenvalue weighted by atomic mass is 9.79. The molecular weight excluding hydrogens is 553 g/mol.